The van der Waals surface area contributed by atoms with E-state index in [2.05, 4.69) is 4.90 Å². The zero-order valence-electron chi connectivity index (χ0n) is 11.3. The lowest BCUT2D eigenvalue weighted by Gasteiger charge is -2.64. The quantitative estimate of drug-likeness (QED) is 0.492. The molecule has 0 aromatic rings. The highest BCUT2D eigenvalue weighted by Gasteiger charge is 2.54. The van der Waals surface area contributed by atoms with Crippen molar-refractivity contribution in [2.75, 3.05) is 19.6 Å². The molecule has 4 heteroatoms. The normalized spacial score (nSPS) is 48.7. The monoisotopic (exact) mass is 262 g/mol. The summed E-state index contributed by atoms with van der Waals surface area (Å²) in [5, 5.41) is 13.1. The van der Waals surface area contributed by atoms with Gasteiger partial charge in [-0.15, -0.1) is 0 Å². The minimum Gasteiger partial charge on any atom is -0.633 e. The summed E-state index contributed by atoms with van der Waals surface area (Å²) in [6, 6.07) is 0.589. The molecule has 3 saturated heterocycles. The van der Waals surface area contributed by atoms with E-state index < -0.39 is 0 Å². The molecule has 104 valence electrons. The molecular weight excluding hydrogens is 240 g/mol. The molecule has 0 N–H and O–H groups in total. The van der Waals surface area contributed by atoms with Crippen LogP contribution < -0.4 is 0 Å². The summed E-state index contributed by atoms with van der Waals surface area (Å²) in [6.07, 6.45) is 9.07. The van der Waals surface area contributed by atoms with Gasteiger partial charge in [-0.25, -0.2) is 0 Å². The van der Waals surface area contributed by atoms with Crippen molar-refractivity contribution in [2.45, 2.75) is 44.2 Å². The highest BCUT2D eigenvalue weighted by molar-refractivity contribution is 5.88. The van der Waals surface area contributed by atoms with Gasteiger partial charge in [-0.3, -0.25) is 4.79 Å². The molecule has 4 aliphatic rings. The van der Waals surface area contributed by atoms with Gasteiger partial charge in [0.25, 0.3) is 0 Å². The van der Waals surface area contributed by atoms with Gasteiger partial charge in [0, 0.05) is 24.4 Å². The molecule has 4 rings (SSSR count). The fraction of sp³-hybridized carbons (Fsp3) is 0.800. The number of amides is 1. The Bertz CT molecular complexity index is 432. The van der Waals surface area contributed by atoms with Gasteiger partial charge in [0.05, 0.1) is 19.1 Å². The first kappa shape index (κ1) is 11.9. The second kappa shape index (κ2) is 4.06. The van der Waals surface area contributed by atoms with E-state index in [1.165, 1.54) is 0 Å². The van der Waals surface area contributed by atoms with E-state index in [-0.39, 0.29) is 16.6 Å². The number of hydrogen-bond acceptors (Lipinski definition) is 2. The van der Waals surface area contributed by atoms with Gasteiger partial charge < -0.3 is 14.8 Å². The number of carbonyl (C=O) groups excluding carboxylic acids is 1. The molecule has 0 aliphatic carbocycles. The predicted octanol–water partition coefficient (Wildman–Crippen LogP) is 1.66. The van der Waals surface area contributed by atoms with Crippen LogP contribution in [0, 0.1) is 17.0 Å². The molecule has 0 aromatic heterocycles. The molecule has 0 spiro atoms. The Morgan fingerprint density at radius 3 is 2.89 bits per heavy atom. The van der Waals surface area contributed by atoms with Gasteiger partial charge in [0.1, 0.15) is 0 Å². The lowest BCUT2D eigenvalue weighted by molar-refractivity contribution is -0.925. The van der Waals surface area contributed by atoms with Crippen LogP contribution in [-0.2, 0) is 4.79 Å². The predicted molar refractivity (Wildman–Crippen MR) is 71.9 cm³/mol. The Labute approximate surface area is 114 Å². The SMILES string of the molecule is O=C1C=CC[C@@H]2[C@H]3CCC[N+]4([O-])CCC[C@@H](CN12)[C@@H]34. The Balaban J connectivity index is 1.72. The maximum absolute atomic E-state index is 13.1. The van der Waals surface area contributed by atoms with Crippen LogP contribution in [0.1, 0.15) is 32.1 Å². The Morgan fingerprint density at radius 2 is 2.05 bits per heavy atom. The molecule has 0 aromatic carbocycles. The zero-order chi connectivity index (χ0) is 13.0. The van der Waals surface area contributed by atoms with Crippen molar-refractivity contribution in [3.63, 3.8) is 0 Å². The van der Waals surface area contributed by atoms with Crippen LogP contribution in [0.15, 0.2) is 12.2 Å². The first-order valence-electron chi connectivity index (χ1n) is 7.74. The van der Waals surface area contributed by atoms with E-state index in [9.17, 15) is 10.0 Å². The molecule has 0 saturated carbocycles. The third-order valence-electron chi connectivity index (χ3n) is 5.90. The first-order valence-corrected chi connectivity index (χ1v) is 7.74. The maximum Gasteiger partial charge on any atom is 0.246 e. The van der Waals surface area contributed by atoms with Crippen molar-refractivity contribution in [1.82, 2.24) is 4.90 Å². The van der Waals surface area contributed by atoms with Crippen molar-refractivity contribution in [3.8, 4) is 0 Å². The van der Waals surface area contributed by atoms with Crippen molar-refractivity contribution < 1.29 is 9.44 Å². The number of piperidine rings is 3. The van der Waals surface area contributed by atoms with Crippen LogP contribution in [0.5, 0.6) is 0 Å². The lowest BCUT2D eigenvalue weighted by Crippen LogP contribution is -2.71. The van der Waals surface area contributed by atoms with Crippen molar-refractivity contribution >= 4 is 5.91 Å². The molecule has 19 heavy (non-hydrogen) atoms. The topological polar surface area (TPSA) is 43.4 Å². The summed E-state index contributed by atoms with van der Waals surface area (Å²) in [7, 11) is 0. The fourth-order valence-corrected chi connectivity index (χ4v) is 5.25. The number of hydroxylamine groups is 3. The number of quaternary nitrogens is 1. The molecule has 1 amide bonds. The van der Waals surface area contributed by atoms with Crippen LogP contribution >= 0.6 is 0 Å². The second-order valence-electron chi connectivity index (χ2n) is 6.79. The van der Waals surface area contributed by atoms with Gasteiger partial charge in [0.2, 0.25) is 5.91 Å². The van der Waals surface area contributed by atoms with Gasteiger partial charge in [0.15, 0.2) is 0 Å². The number of carbonyl (C=O) groups is 1. The van der Waals surface area contributed by atoms with Crippen LogP contribution in [0.3, 0.4) is 0 Å². The second-order valence-corrected chi connectivity index (χ2v) is 6.79. The van der Waals surface area contributed by atoms with Crippen molar-refractivity contribution in [1.29, 1.82) is 0 Å². The van der Waals surface area contributed by atoms with E-state index in [1.807, 2.05) is 6.08 Å². The molecule has 3 fully saturated rings. The van der Waals surface area contributed by atoms with Crippen LogP contribution in [0.2, 0.25) is 0 Å². The van der Waals surface area contributed by atoms with Gasteiger partial charge in [-0.2, -0.15) is 0 Å². The van der Waals surface area contributed by atoms with Gasteiger partial charge in [-0.05, 0) is 38.2 Å². The van der Waals surface area contributed by atoms with Crippen LogP contribution in [-0.4, -0.2) is 47.2 Å². The first-order chi connectivity index (χ1) is 9.19. The molecular formula is C15H22N2O2. The van der Waals surface area contributed by atoms with Crippen LogP contribution in [0.25, 0.3) is 0 Å². The summed E-state index contributed by atoms with van der Waals surface area (Å²) in [4.78, 5) is 14.2. The molecule has 5 atom stereocenters. The van der Waals surface area contributed by atoms with Crippen LogP contribution in [0.4, 0.5) is 0 Å². The summed E-state index contributed by atoms with van der Waals surface area (Å²) >= 11 is 0. The highest BCUT2D eigenvalue weighted by atomic mass is 16.5. The summed E-state index contributed by atoms with van der Waals surface area (Å²) < 4.78 is 0.0532. The summed E-state index contributed by atoms with van der Waals surface area (Å²) in [6.45, 7) is 2.46. The zero-order valence-corrected chi connectivity index (χ0v) is 11.3. The highest BCUT2D eigenvalue weighted by Crippen LogP contribution is 2.47. The molecule has 0 bridgehead atoms. The summed E-state index contributed by atoms with van der Waals surface area (Å²) in [5.74, 6) is 1.07. The van der Waals surface area contributed by atoms with Crippen molar-refractivity contribution in [3.05, 3.63) is 17.4 Å². The Hall–Kier alpha value is -0.870. The van der Waals surface area contributed by atoms with E-state index in [0.29, 0.717) is 17.9 Å². The number of fused-ring (bicyclic) bond motifs is 2. The Morgan fingerprint density at radius 1 is 1.26 bits per heavy atom. The summed E-state index contributed by atoms with van der Waals surface area (Å²) in [5.41, 5.74) is 0. The third kappa shape index (κ3) is 1.62. The minimum atomic E-state index is 0.0532. The molecule has 0 radical (unpaired) electrons. The van der Waals surface area contributed by atoms with E-state index in [4.69, 9.17) is 0 Å². The smallest absolute Gasteiger partial charge is 0.246 e. The molecule has 1 unspecified atom stereocenters. The number of nitrogens with zero attached hydrogens (tertiary/aromatic N) is 2. The Kier molecular flexibility index (Phi) is 2.55. The molecule has 4 nitrogen and oxygen atoms in total. The minimum absolute atomic E-state index is 0.0532. The lowest BCUT2D eigenvalue weighted by atomic mass is 9.68. The third-order valence-corrected chi connectivity index (χ3v) is 5.90. The van der Waals surface area contributed by atoms with E-state index >= 15 is 0 Å². The maximum atomic E-state index is 13.1. The van der Waals surface area contributed by atoms with Gasteiger partial charge >= 0.3 is 0 Å². The number of rotatable bonds is 0. The standard InChI is InChI=1S/C15H22N2O2/c18-14-7-1-6-13-12-5-3-9-17(19)8-2-4-11(15(12)17)10-16(13)14/h1,7,11-13,15H,2-6,8-10H2/t11-,12+,13+,15-,17?/m0/s1. The average Bonchev–Trinajstić information content (AvgIpc) is 2.40. The fourth-order valence-electron chi connectivity index (χ4n) is 5.25. The van der Waals surface area contributed by atoms with E-state index in [0.717, 1.165) is 51.7 Å². The largest absolute Gasteiger partial charge is 0.633 e. The number of hydrogen-bond donors (Lipinski definition) is 0. The molecule has 4 aliphatic heterocycles. The van der Waals surface area contributed by atoms with Crippen molar-refractivity contribution in [2.24, 2.45) is 11.8 Å². The van der Waals surface area contributed by atoms with Gasteiger partial charge in [-0.1, -0.05) is 6.08 Å². The van der Waals surface area contributed by atoms with E-state index in [1.54, 1.807) is 6.08 Å². The average molecular weight is 262 g/mol. The molecule has 4 heterocycles.